The highest BCUT2D eigenvalue weighted by atomic mass is 16.6. The Hall–Kier alpha value is -1.46. The Labute approximate surface area is 94.5 Å². The summed E-state index contributed by atoms with van der Waals surface area (Å²) in [6.45, 7) is 2.22. The van der Waals surface area contributed by atoms with E-state index in [1.54, 1.807) is 12.1 Å². The molecular formula is C11H16N2O3. The van der Waals surface area contributed by atoms with Crippen LogP contribution in [0.1, 0.15) is 24.2 Å². The Morgan fingerprint density at radius 3 is 2.56 bits per heavy atom. The molecule has 0 saturated heterocycles. The highest BCUT2D eigenvalue weighted by Gasteiger charge is 2.17. The van der Waals surface area contributed by atoms with Crippen molar-refractivity contribution < 1.29 is 10.0 Å². The maximum absolute atomic E-state index is 10.7. The van der Waals surface area contributed by atoms with E-state index in [1.165, 1.54) is 13.0 Å². The predicted molar refractivity (Wildman–Crippen MR) is 61.1 cm³/mol. The van der Waals surface area contributed by atoms with Gasteiger partial charge >= 0.3 is 0 Å². The van der Waals surface area contributed by atoms with E-state index in [4.69, 9.17) is 0 Å². The molecule has 0 saturated carbocycles. The molecule has 0 bridgehead atoms. The molecule has 0 aliphatic rings. The van der Waals surface area contributed by atoms with Gasteiger partial charge in [0.2, 0.25) is 0 Å². The lowest BCUT2D eigenvalue weighted by molar-refractivity contribution is -0.386. The van der Waals surface area contributed by atoms with E-state index in [-0.39, 0.29) is 5.69 Å². The van der Waals surface area contributed by atoms with Crippen LogP contribution in [0.2, 0.25) is 0 Å². The molecule has 5 heteroatoms. The smallest absolute Gasteiger partial charge is 0.275 e. The van der Waals surface area contributed by atoms with Crippen LogP contribution in [0.5, 0.6) is 0 Å². The van der Waals surface area contributed by atoms with Crippen LogP contribution >= 0.6 is 0 Å². The molecule has 1 N–H and O–H groups in total. The fourth-order valence-electron chi connectivity index (χ4n) is 1.57. The van der Waals surface area contributed by atoms with Crippen LogP contribution in [-0.4, -0.2) is 29.0 Å². The summed E-state index contributed by atoms with van der Waals surface area (Å²) < 4.78 is 0. The molecule has 88 valence electrons. The fourth-order valence-corrected chi connectivity index (χ4v) is 1.57. The van der Waals surface area contributed by atoms with Crippen LogP contribution in [0.15, 0.2) is 18.2 Å². The minimum absolute atomic E-state index is 0.0301. The summed E-state index contributed by atoms with van der Waals surface area (Å²) in [5, 5.41) is 20.2. The Morgan fingerprint density at radius 2 is 2.12 bits per heavy atom. The average molecular weight is 224 g/mol. The predicted octanol–water partition coefficient (Wildman–Crippen LogP) is 1.71. The Morgan fingerprint density at radius 1 is 1.50 bits per heavy atom. The van der Waals surface area contributed by atoms with E-state index in [1.807, 2.05) is 19.0 Å². The second-order valence-corrected chi connectivity index (χ2v) is 4.06. The molecule has 16 heavy (non-hydrogen) atoms. The van der Waals surface area contributed by atoms with Gasteiger partial charge in [-0.3, -0.25) is 10.1 Å². The van der Waals surface area contributed by atoms with Crippen molar-refractivity contribution in [2.75, 3.05) is 14.1 Å². The van der Waals surface area contributed by atoms with Gasteiger partial charge < -0.3 is 10.0 Å². The third kappa shape index (κ3) is 3.01. The summed E-state index contributed by atoms with van der Waals surface area (Å²) in [5.41, 5.74) is 1.29. The van der Waals surface area contributed by atoms with Gasteiger partial charge in [-0.05, 0) is 32.6 Å². The van der Waals surface area contributed by atoms with Crippen LogP contribution in [0.3, 0.4) is 0 Å². The second-order valence-electron chi connectivity index (χ2n) is 4.06. The highest BCUT2D eigenvalue weighted by molar-refractivity contribution is 5.44. The first-order valence-electron chi connectivity index (χ1n) is 5.02. The molecule has 0 aliphatic heterocycles. The van der Waals surface area contributed by atoms with E-state index in [0.29, 0.717) is 12.1 Å². The summed E-state index contributed by atoms with van der Waals surface area (Å²) in [6, 6.07) is 4.84. The van der Waals surface area contributed by atoms with Crippen molar-refractivity contribution in [3.05, 3.63) is 39.4 Å². The molecule has 0 spiro atoms. The second kappa shape index (κ2) is 5.05. The van der Waals surface area contributed by atoms with Gasteiger partial charge in [-0.15, -0.1) is 0 Å². The van der Waals surface area contributed by atoms with Crippen LogP contribution in [0, 0.1) is 10.1 Å². The summed E-state index contributed by atoms with van der Waals surface area (Å²) in [7, 11) is 3.84. The standard InChI is InChI=1S/C11H16N2O3/c1-8(14)10-6-9(7-12(2)3)4-5-11(10)13(15)16/h4-6,8,14H,7H2,1-3H3. The van der Waals surface area contributed by atoms with Gasteiger partial charge in [0.1, 0.15) is 0 Å². The van der Waals surface area contributed by atoms with Crippen LogP contribution in [0.25, 0.3) is 0 Å². The van der Waals surface area contributed by atoms with Crippen LogP contribution in [0.4, 0.5) is 5.69 Å². The molecule has 0 fully saturated rings. The van der Waals surface area contributed by atoms with Crippen molar-refractivity contribution in [3.63, 3.8) is 0 Å². The number of rotatable bonds is 4. The van der Waals surface area contributed by atoms with Gasteiger partial charge in [0.15, 0.2) is 0 Å². The number of nitro groups is 1. The number of benzene rings is 1. The number of hydrogen-bond donors (Lipinski definition) is 1. The lowest BCUT2D eigenvalue weighted by Crippen LogP contribution is -2.11. The number of nitrogens with zero attached hydrogens (tertiary/aromatic N) is 2. The minimum atomic E-state index is -0.831. The van der Waals surface area contributed by atoms with Crippen molar-refractivity contribution >= 4 is 5.69 Å². The molecule has 0 radical (unpaired) electrons. The zero-order valence-corrected chi connectivity index (χ0v) is 9.67. The first-order valence-corrected chi connectivity index (χ1v) is 5.02. The molecule has 1 atom stereocenters. The van der Waals surface area contributed by atoms with Gasteiger partial charge in [0, 0.05) is 12.6 Å². The normalized spacial score (nSPS) is 12.8. The molecule has 1 aromatic carbocycles. The van der Waals surface area contributed by atoms with Gasteiger partial charge in [0.25, 0.3) is 5.69 Å². The zero-order valence-electron chi connectivity index (χ0n) is 9.67. The van der Waals surface area contributed by atoms with Gasteiger partial charge in [0.05, 0.1) is 16.6 Å². The third-order valence-electron chi connectivity index (χ3n) is 2.24. The summed E-state index contributed by atoms with van der Waals surface area (Å²) >= 11 is 0. The zero-order chi connectivity index (χ0) is 12.3. The Kier molecular flexibility index (Phi) is 3.98. The number of nitro benzene ring substituents is 1. The molecule has 0 amide bonds. The summed E-state index contributed by atoms with van der Waals surface area (Å²) in [5.74, 6) is 0. The lowest BCUT2D eigenvalue weighted by atomic mass is 10.0. The fraction of sp³-hybridized carbons (Fsp3) is 0.455. The topological polar surface area (TPSA) is 66.6 Å². The van der Waals surface area contributed by atoms with E-state index in [0.717, 1.165) is 5.56 Å². The molecule has 0 aliphatic carbocycles. The highest BCUT2D eigenvalue weighted by Crippen LogP contribution is 2.26. The average Bonchev–Trinajstić information content (AvgIpc) is 2.16. The summed E-state index contributed by atoms with van der Waals surface area (Å²) in [6.07, 6.45) is -0.831. The quantitative estimate of drug-likeness (QED) is 0.624. The molecular weight excluding hydrogens is 208 g/mol. The Balaban J connectivity index is 3.12. The molecule has 1 unspecified atom stereocenters. The number of aliphatic hydroxyl groups excluding tert-OH is 1. The largest absolute Gasteiger partial charge is 0.388 e. The third-order valence-corrected chi connectivity index (χ3v) is 2.24. The monoisotopic (exact) mass is 224 g/mol. The van der Waals surface area contributed by atoms with E-state index in [9.17, 15) is 15.2 Å². The first-order chi connectivity index (χ1) is 7.41. The van der Waals surface area contributed by atoms with Crippen molar-refractivity contribution in [1.29, 1.82) is 0 Å². The molecule has 5 nitrogen and oxygen atoms in total. The van der Waals surface area contributed by atoms with Crippen molar-refractivity contribution in [3.8, 4) is 0 Å². The summed E-state index contributed by atoms with van der Waals surface area (Å²) in [4.78, 5) is 12.2. The number of aliphatic hydroxyl groups is 1. The first kappa shape index (κ1) is 12.6. The molecule has 1 aromatic rings. The molecule has 0 heterocycles. The van der Waals surface area contributed by atoms with E-state index in [2.05, 4.69) is 0 Å². The van der Waals surface area contributed by atoms with E-state index < -0.39 is 11.0 Å². The lowest BCUT2D eigenvalue weighted by Gasteiger charge is -2.12. The van der Waals surface area contributed by atoms with E-state index >= 15 is 0 Å². The molecule has 1 rings (SSSR count). The van der Waals surface area contributed by atoms with Gasteiger partial charge in [-0.1, -0.05) is 6.07 Å². The SMILES string of the molecule is CC(O)c1cc(CN(C)C)ccc1[N+](=O)[O-]. The van der Waals surface area contributed by atoms with Crippen LogP contribution in [-0.2, 0) is 6.54 Å². The van der Waals surface area contributed by atoms with Crippen LogP contribution < -0.4 is 0 Å². The maximum atomic E-state index is 10.7. The minimum Gasteiger partial charge on any atom is -0.388 e. The Bertz CT molecular complexity index is 389. The van der Waals surface area contributed by atoms with Crippen molar-refractivity contribution in [2.45, 2.75) is 19.6 Å². The maximum Gasteiger partial charge on any atom is 0.275 e. The van der Waals surface area contributed by atoms with Crippen molar-refractivity contribution in [1.82, 2.24) is 4.90 Å². The van der Waals surface area contributed by atoms with Gasteiger partial charge in [-0.2, -0.15) is 0 Å². The van der Waals surface area contributed by atoms with Crippen molar-refractivity contribution in [2.24, 2.45) is 0 Å². The number of hydrogen-bond acceptors (Lipinski definition) is 4. The van der Waals surface area contributed by atoms with Gasteiger partial charge in [-0.25, -0.2) is 0 Å². The molecule has 0 aromatic heterocycles.